The highest BCUT2D eigenvalue weighted by Gasteiger charge is 2.31. The number of rotatable bonds is 7. The fourth-order valence-corrected chi connectivity index (χ4v) is 3.62. The van der Waals surface area contributed by atoms with Crippen molar-refractivity contribution in [1.29, 1.82) is 0 Å². The van der Waals surface area contributed by atoms with Crippen LogP contribution >= 0.6 is 0 Å². The topological polar surface area (TPSA) is 104 Å². The third-order valence-corrected chi connectivity index (χ3v) is 5.56. The second kappa shape index (κ2) is 10.5. The van der Waals surface area contributed by atoms with E-state index in [4.69, 9.17) is 4.74 Å². The number of carbonyl (C=O) groups is 2. The van der Waals surface area contributed by atoms with E-state index in [9.17, 15) is 9.59 Å². The van der Waals surface area contributed by atoms with Crippen LogP contribution in [0.15, 0.2) is 29.3 Å². The average Bonchev–Trinajstić information content (AvgIpc) is 2.71. The van der Waals surface area contributed by atoms with Crippen LogP contribution in [0.25, 0.3) is 0 Å². The Labute approximate surface area is 185 Å². The molecule has 1 aliphatic rings. The van der Waals surface area contributed by atoms with Gasteiger partial charge in [0.25, 0.3) is 0 Å². The molecule has 172 valence electrons. The van der Waals surface area contributed by atoms with Crippen LogP contribution in [0.3, 0.4) is 0 Å². The highest BCUT2D eigenvalue weighted by molar-refractivity contribution is 5.94. The number of fused-ring (bicyclic) bond motifs is 1. The summed E-state index contributed by atoms with van der Waals surface area (Å²) in [6.07, 6.45) is 1.48. The van der Waals surface area contributed by atoms with Crippen LogP contribution in [-0.4, -0.2) is 49.2 Å². The SMILES string of the molecule is CCC(CC)(CNC(=NC)NCC1CC(=O)Nc2ccccc21)NC(=O)OC(C)(C)C. The molecule has 8 nitrogen and oxygen atoms in total. The summed E-state index contributed by atoms with van der Waals surface area (Å²) < 4.78 is 5.44. The minimum absolute atomic E-state index is 0.0194. The van der Waals surface area contributed by atoms with Crippen molar-refractivity contribution < 1.29 is 14.3 Å². The van der Waals surface area contributed by atoms with Crippen LogP contribution in [0, 0.1) is 0 Å². The second-order valence-electron chi connectivity index (χ2n) is 8.96. The third-order valence-electron chi connectivity index (χ3n) is 5.56. The Hall–Kier alpha value is -2.77. The van der Waals surface area contributed by atoms with E-state index in [1.807, 2.05) is 58.9 Å². The zero-order valence-electron chi connectivity index (χ0n) is 19.6. The van der Waals surface area contributed by atoms with Crippen LogP contribution in [-0.2, 0) is 9.53 Å². The molecule has 0 radical (unpaired) electrons. The second-order valence-corrected chi connectivity index (χ2v) is 8.96. The van der Waals surface area contributed by atoms with Crippen LogP contribution in [0.2, 0.25) is 0 Å². The number of guanidine groups is 1. The highest BCUT2D eigenvalue weighted by Crippen LogP contribution is 2.31. The third kappa shape index (κ3) is 7.15. The van der Waals surface area contributed by atoms with Gasteiger partial charge in [-0.3, -0.25) is 9.79 Å². The monoisotopic (exact) mass is 431 g/mol. The van der Waals surface area contributed by atoms with Gasteiger partial charge < -0.3 is 26.0 Å². The zero-order chi connectivity index (χ0) is 23.1. The van der Waals surface area contributed by atoms with E-state index in [0.717, 1.165) is 24.1 Å². The number of carbonyl (C=O) groups excluding carboxylic acids is 2. The number of para-hydroxylation sites is 1. The maximum Gasteiger partial charge on any atom is 0.408 e. The van der Waals surface area contributed by atoms with Gasteiger partial charge in [-0.05, 0) is 45.2 Å². The van der Waals surface area contributed by atoms with Crippen molar-refractivity contribution in [1.82, 2.24) is 16.0 Å². The maximum absolute atomic E-state index is 12.3. The van der Waals surface area contributed by atoms with Gasteiger partial charge in [-0.15, -0.1) is 0 Å². The summed E-state index contributed by atoms with van der Waals surface area (Å²) in [5.74, 6) is 0.706. The number of ether oxygens (including phenoxy) is 1. The molecule has 0 saturated heterocycles. The first-order chi connectivity index (χ1) is 14.6. The van der Waals surface area contributed by atoms with Crippen molar-refractivity contribution in [2.45, 2.75) is 70.9 Å². The smallest absolute Gasteiger partial charge is 0.408 e. The molecule has 2 amide bonds. The predicted molar refractivity (Wildman–Crippen MR) is 124 cm³/mol. The molecule has 1 heterocycles. The number of amides is 2. The van der Waals surface area contributed by atoms with Crippen molar-refractivity contribution >= 4 is 23.6 Å². The Bertz CT molecular complexity index is 797. The lowest BCUT2D eigenvalue weighted by molar-refractivity contribution is -0.116. The molecule has 0 aliphatic carbocycles. The van der Waals surface area contributed by atoms with Gasteiger partial charge in [0.2, 0.25) is 5.91 Å². The molecule has 1 aromatic carbocycles. The lowest BCUT2D eigenvalue weighted by atomic mass is 9.90. The number of nitrogens with one attached hydrogen (secondary N) is 4. The number of alkyl carbamates (subject to hydrolysis) is 1. The molecule has 0 fully saturated rings. The van der Waals surface area contributed by atoms with Gasteiger partial charge in [0.15, 0.2) is 5.96 Å². The molecule has 2 rings (SSSR count). The summed E-state index contributed by atoms with van der Waals surface area (Å²) in [6, 6.07) is 7.87. The zero-order valence-corrected chi connectivity index (χ0v) is 19.6. The molecular weight excluding hydrogens is 394 g/mol. The van der Waals surface area contributed by atoms with Crippen LogP contribution < -0.4 is 21.3 Å². The van der Waals surface area contributed by atoms with Gasteiger partial charge in [0.1, 0.15) is 5.60 Å². The summed E-state index contributed by atoms with van der Waals surface area (Å²) in [5, 5.41) is 12.6. The largest absolute Gasteiger partial charge is 0.444 e. The van der Waals surface area contributed by atoms with E-state index >= 15 is 0 Å². The van der Waals surface area contributed by atoms with E-state index in [1.165, 1.54) is 0 Å². The van der Waals surface area contributed by atoms with Gasteiger partial charge in [0, 0.05) is 38.2 Å². The Balaban J connectivity index is 1.97. The normalized spacial score (nSPS) is 16.8. The molecule has 0 saturated carbocycles. The molecule has 8 heteroatoms. The number of aliphatic imine (C=N–C) groups is 1. The van der Waals surface area contributed by atoms with Gasteiger partial charge in [0.05, 0.1) is 5.54 Å². The van der Waals surface area contributed by atoms with Crippen molar-refractivity contribution in [2.75, 3.05) is 25.5 Å². The van der Waals surface area contributed by atoms with Crippen LogP contribution in [0.1, 0.15) is 65.4 Å². The van der Waals surface area contributed by atoms with Gasteiger partial charge in [-0.25, -0.2) is 4.79 Å². The summed E-state index contributed by atoms with van der Waals surface area (Å²) in [4.78, 5) is 28.7. The Morgan fingerprint density at radius 1 is 1.19 bits per heavy atom. The molecular formula is C23H37N5O3. The molecule has 0 bridgehead atoms. The predicted octanol–water partition coefficient (Wildman–Crippen LogP) is 3.36. The summed E-state index contributed by atoms with van der Waals surface area (Å²) in [7, 11) is 1.71. The summed E-state index contributed by atoms with van der Waals surface area (Å²) in [6.45, 7) is 10.7. The lowest BCUT2D eigenvalue weighted by Crippen LogP contribution is -2.57. The first-order valence-electron chi connectivity index (χ1n) is 11.0. The van der Waals surface area contributed by atoms with E-state index in [1.54, 1.807) is 7.05 Å². The summed E-state index contributed by atoms with van der Waals surface area (Å²) in [5.41, 5.74) is 0.974. The van der Waals surface area contributed by atoms with E-state index in [-0.39, 0.29) is 11.8 Å². The minimum atomic E-state index is -0.551. The number of benzene rings is 1. The molecule has 1 aromatic rings. The van der Waals surface area contributed by atoms with Crippen molar-refractivity contribution in [2.24, 2.45) is 4.99 Å². The maximum atomic E-state index is 12.3. The molecule has 1 atom stereocenters. The van der Waals surface area contributed by atoms with Gasteiger partial charge >= 0.3 is 6.09 Å². The van der Waals surface area contributed by atoms with Crippen molar-refractivity contribution in [3.63, 3.8) is 0 Å². The fourth-order valence-electron chi connectivity index (χ4n) is 3.62. The molecule has 1 unspecified atom stereocenters. The van der Waals surface area contributed by atoms with Gasteiger partial charge in [-0.2, -0.15) is 0 Å². The average molecular weight is 432 g/mol. The summed E-state index contributed by atoms with van der Waals surface area (Å²) >= 11 is 0. The van der Waals surface area contributed by atoms with Gasteiger partial charge in [-0.1, -0.05) is 32.0 Å². The van der Waals surface area contributed by atoms with E-state index < -0.39 is 17.2 Å². The molecule has 31 heavy (non-hydrogen) atoms. The highest BCUT2D eigenvalue weighted by atomic mass is 16.6. The van der Waals surface area contributed by atoms with Crippen LogP contribution in [0.4, 0.5) is 10.5 Å². The standard InChI is InChI=1S/C23H37N5O3/c1-7-23(8-2,28-21(30)31-22(3,4)5)15-26-20(24-6)25-14-16-13-19(29)27-18-12-10-9-11-17(16)18/h9-12,16H,7-8,13-15H2,1-6H3,(H,27,29)(H,28,30)(H2,24,25,26). The molecule has 1 aliphatic heterocycles. The quantitative estimate of drug-likeness (QED) is 0.391. The van der Waals surface area contributed by atoms with Crippen LogP contribution in [0.5, 0.6) is 0 Å². The Kier molecular flexibility index (Phi) is 8.30. The molecule has 0 spiro atoms. The fraction of sp³-hybridized carbons (Fsp3) is 0.609. The number of hydrogen-bond donors (Lipinski definition) is 4. The van der Waals surface area contributed by atoms with E-state index in [2.05, 4.69) is 26.3 Å². The first kappa shape index (κ1) is 24.5. The molecule has 4 N–H and O–H groups in total. The van der Waals surface area contributed by atoms with E-state index in [0.29, 0.717) is 25.5 Å². The first-order valence-corrected chi connectivity index (χ1v) is 11.0. The minimum Gasteiger partial charge on any atom is -0.444 e. The lowest BCUT2D eigenvalue weighted by Gasteiger charge is -2.34. The van der Waals surface area contributed by atoms with Crippen molar-refractivity contribution in [3.05, 3.63) is 29.8 Å². The number of nitrogens with zero attached hydrogens (tertiary/aromatic N) is 1. The molecule has 0 aromatic heterocycles. The Morgan fingerprint density at radius 3 is 2.48 bits per heavy atom. The van der Waals surface area contributed by atoms with Crippen molar-refractivity contribution in [3.8, 4) is 0 Å². The Morgan fingerprint density at radius 2 is 1.87 bits per heavy atom. The number of anilines is 1. The number of hydrogen-bond acceptors (Lipinski definition) is 4.